The molecule has 1 saturated heterocycles. The molecule has 2 aromatic carbocycles. The number of aromatic nitrogens is 2. The molecular weight excluding hydrogens is 468 g/mol. The molecular formula is C26H27ClN4O2S. The van der Waals surface area contributed by atoms with Gasteiger partial charge in [0.1, 0.15) is 0 Å². The Morgan fingerprint density at radius 2 is 2.03 bits per heavy atom. The van der Waals surface area contributed by atoms with E-state index in [0.29, 0.717) is 18.1 Å². The Hall–Kier alpha value is -2.87. The van der Waals surface area contributed by atoms with Crippen LogP contribution in [0.4, 0.5) is 10.5 Å². The summed E-state index contributed by atoms with van der Waals surface area (Å²) in [4.78, 5) is 20.7. The molecule has 6 nitrogen and oxygen atoms in total. The molecule has 1 aliphatic rings. The molecule has 1 unspecified atom stereocenters. The summed E-state index contributed by atoms with van der Waals surface area (Å²) in [7, 11) is 0. The Morgan fingerprint density at radius 1 is 1.24 bits per heavy atom. The molecule has 3 heterocycles. The minimum absolute atomic E-state index is 0.0935. The minimum atomic E-state index is -0.0988. The van der Waals surface area contributed by atoms with Crippen molar-refractivity contribution in [2.45, 2.75) is 32.3 Å². The summed E-state index contributed by atoms with van der Waals surface area (Å²) < 4.78 is 7.95. The summed E-state index contributed by atoms with van der Waals surface area (Å²) in [5, 5.41) is 5.87. The van der Waals surface area contributed by atoms with Crippen molar-refractivity contribution in [3.05, 3.63) is 76.4 Å². The normalized spacial score (nSPS) is 15.6. The Morgan fingerprint density at radius 3 is 2.76 bits per heavy atom. The number of hydrogen-bond acceptors (Lipinski definition) is 4. The van der Waals surface area contributed by atoms with Gasteiger partial charge >= 0.3 is 6.03 Å². The Labute approximate surface area is 208 Å². The van der Waals surface area contributed by atoms with Crippen molar-refractivity contribution in [1.82, 2.24) is 14.3 Å². The van der Waals surface area contributed by atoms with Gasteiger partial charge in [-0.2, -0.15) is 0 Å². The van der Waals surface area contributed by atoms with Crippen LogP contribution in [0, 0.1) is 6.92 Å². The molecule has 8 heteroatoms. The van der Waals surface area contributed by atoms with Crippen LogP contribution in [0.15, 0.2) is 60.1 Å². The van der Waals surface area contributed by atoms with E-state index in [0.717, 1.165) is 59.0 Å². The maximum Gasteiger partial charge on any atom is 0.321 e. The van der Waals surface area contributed by atoms with Crippen LogP contribution in [0.1, 0.15) is 24.1 Å². The van der Waals surface area contributed by atoms with Crippen molar-refractivity contribution in [3.8, 4) is 11.3 Å². The van der Waals surface area contributed by atoms with Crippen LogP contribution in [0.5, 0.6) is 0 Å². The molecule has 176 valence electrons. The third kappa shape index (κ3) is 5.27. The fraction of sp³-hybridized carbons (Fsp3) is 0.308. The van der Waals surface area contributed by atoms with Crippen LogP contribution in [0.3, 0.4) is 0 Å². The average molecular weight is 495 g/mol. The van der Waals surface area contributed by atoms with E-state index < -0.39 is 0 Å². The third-order valence-corrected chi connectivity index (χ3v) is 7.24. The van der Waals surface area contributed by atoms with E-state index in [1.54, 1.807) is 11.3 Å². The molecule has 0 bridgehead atoms. The van der Waals surface area contributed by atoms with Gasteiger partial charge < -0.3 is 15.0 Å². The first-order valence-electron chi connectivity index (χ1n) is 11.5. The molecule has 0 radical (unpaired) electrons. The van der Waals surface area contributed by atoms with E-state index in [1.165, 1.54) is 0 Å². The van der Waals surface area contributed by atoms with Crippen LogP contribution in [-0.4, -0.2) is 46.1 Å². The minimum Gasteiger partial charge on any atom is -0.376 e. The number of rotatable bonds is 7. The van der Waals surface area contributed by atoms with Gasteiger partial charge in [-0.1, -0.05) is 41.4 Å². The van der Waals surface area contributed by atoms with E-state index in [4.69, 9.17) is 21.3 Å². The summed E-state index contributed by atoms with van der Waals surface area (Å²) in [6.45, 7) is 3.99. The van der Waals surface area contributed by atoms with Gasteiger partial charge in [0.2, 0.25) is 0 Å². The molecule has 1 fully saturated rings. The maximum atomic E-state index is 13.2. The number of urea groups is 1. The summed E-state index contributed by atoms with van der Waals surface area (Å²) >= 11 is 7.64. The number of thiazole rings is 1. The zero-order valence-corrected chi connectivity index (χ0v) is 20.6. The molecule has 34 heavy (non-hydrogen) atoms. The average Bonchev–Trinajstić information content (AvgIpc) is 3.57. The van der Waals surface area contributed by atoms with Crippen molar-refractivity contribution in [2.75, 3.05) is 25.0 Å². The van der Waals surface area contributed by atoms with E-state index in [9.17, 15) is 4.79 Å². The summed E-state index contributed by atoms with van der Waals surface area (Å²) in [5.74, 6) is 0. The van der Waals surface area contributed by atoms with Gasteiger partial charge in [0.15, 0.2) is 4.96 Å². The second-order valence-electron chi connectivity index (χ2n) is 8.64. The largest absolute Gasteiger partial charge is 0.376 e. The highest BCUT2D eigenvalue weighted by Gasteiger charge is 2.23. The van der Waals surface area contributed by atoms with Crippen LogP contribution < -0.4 is 5.32 Å². The molecule has 2 amide bonds. The van der Waals surface area contributed by atoms with Gasteiger partial charge in [-0.15, -0.1) is 11.3 Å². The van der Waals surface area contributed by atoms with Crippen molar-refractivity contribution in [2.24, 2.45) is 0 Å². The number of halogens is 1. The molecule has 1 N–H and O–H groups in total. The number of anilines is 1. The number of hydrogen-bond donors (Lipinski definition) is 1. The molecule has 5 rings (SSSR count). The van der Waals surface area contributed by atoms with Gasteiger partial charge in [0.25, 0.3) is 0 Å². The number of nitrogens with zero attached hydrogens (tertiary/aromatic N) is 3. The lowest BCUT2D eigenvalue weighted by Crippen LogP contribution is -2.41. The molecule has 1 aliphatic heterocycles. The SMILES string of the molecule is Cc1ccc(NC(=O)N(CCc2csc3nc(-c4ccc(Cl)cc4)cn23)CC2CCCO2)cc1. The predicted molar refractivity (Wildman–Crippen MR) is 138 cm³/mol. The van der Waals surface area contributed by atoms with E-state index >= 15 is 0 Å². The number of aryl methyl sites for hydroxylation is 1. The quantitative estimate of drug-likeness (QED) is 0.329. The predicted octanol–water partition coefficient (Wildman–Crippen LogP) is 6.28. The number of carbonyl (C=O) groups is 1. The topological polar surface area (TPSA) is 58.9 Å². The molecule has 0 saturated carbocycles. The summed E-state index contributed by atoms with van der Waals surface area (Å²) in [6.07, 6.45) is 4.91. The van der Waals surface area contributed by atoms with Crippen molar-refractivity contribution in [3.63, 3.8) is 0 Å². The second kappa shape index (κ2) is 10.2. The van der Waals surface area contributed by atoms with Crippen LogP contribution >= 0.6 is 22.9 Å². The number of benzene rings is 2. The highest BCUT2D eigenvalue weighted by Crippen LogP contribution is 2.25. The zero-order chi connectivity index (χ0) is 23.5. The van der Waals surface area contributed by atoms with Crippen LogP contribution in [0.2, 0.25) is 5.02 Å². The number of imidazole rings is 1. The van der Waals surface area contributed by atoms with E-state index in [2.05, 4.69) is 21.3 Å². The van der Waals surface area contributed by atoms with Gasteiger partial charge in [-0.3, -0.25) is 4.40 Å². The van der Waals surface area contributed by atoms with Crippen molar-refractivity contribution < 1.29 is 9.53 Å². The van der Waals surface area contributed by atoms with Gasteiger partial charge in [-0.05, 0) is 44.0 Å². The first-order valence-corrected chi connectivity index (χ1v) is 12.8. The number of carbonyl (C=O) groups excluding carboxylic acids is 1. The Bertz CT molecular complexity index is 1260. The first kappa shape index (κ1) is 22.9. The lowest BCUT2D eigenvalue weighted by atomic mass is 10.2. The highest BCUT2D eigenvalue weighted by molar-refractivity contribution is 7.15. The molecule has 2 aromatic heterocycles. The first-order chi connectivity index (χ1) is 16.5. The van der Waals surface area contributed by atoms with Crippen molar-refractivity contribution >= 4 is 39.6 Å². The fourth-order valence-corrected chi connectivity index (χ4v) is 5.20. The van der Waals surface area contributed by atoms with Crippen LogP contribution in [0.25, 0.3) is 16.2 Å². The third-order valence-electron chi connectivity index (χ3n) is 6.10. The second-order valence-corrected chi connectivity index (χ2v) is 9.91. The standard InChI is InChI=1S/C26H27ClN4O2S/c1-18-4-10-21(11-5-18)28-25(32)30(15-23-3-2-14-33-23)13-12-22-17-34-26-29-24(16-31(22)26)19-6-8-20(27)9-7-19/h4-11,16-17,23H,2-3,12-15H2,1H3,(H,28,32). The molecule has 4 aromatic rings. The summed E-state index contributed by atoms with van der Waals surface area (Å²) in [5.41, 5.74) is 5.04. The fourth-order valence-electron chi connectivity index (χ4n) is 4.17. The van der Waals surface area contributed by atoms with Crippen molar-refractivity contribution in [1.29, 1.82) is 0 Å². The van der Waals surface area contributed by atoms with Gasteiger partial charge in [0, 0.05) is 59.7 Å². The lowest BCUT2D eigenvalue weighted by molar-refractivity contribution is 0.0838. The van der Waals surface area contributed by atoms with Crippen LogP contribution in [-0.2, 0) is 11.2 Å². The smallest absolute Gasteiger partial charge is 0.321 e. The highest BCUT2D eigenvalue weighted by atomic mass is 35.5. The van der Waals surface area contributed by atoms with Gasteiger partial charge in [0.05, 0.1) is 11.8 Å². The molecule has 0 aliphatic carbocycles. The van der Waals surface area contributed by atoms with E-state index in [-0.39, 0.29) is 12.1 Å². The number of nitrogens with one attached hydrogen (secondary N) is 1. The summed E-state index contributed by atoms with van der Waals surface area (Å²) in [6, 6.07) is 15.5. The Balaban J connectivity index is 1.31. The zero-order valence-electron chi connectivity index (χ0n) is 19.0. The number of ether oxygens (including phenoxy) is 1. The Kier molecular flexibility index (Phi) is 6.85. The number of fused-ring (bicyclic) bond motifs is 1. The number of amides is 2. The maximum absolute atomic E-state index is 13.2. The van der Waals surface area contributed by atoms with E-state index in [1.807, 2.05) is 60.4 Å². The lowest BCUT2D eigenvalue weighted by Gasteiger charge is -2.25. The monoisotopic (exact) mass is 494 g/mol. The molecule has 0 spiro atoms. The molecule has 1 atom stereocenters. The van der Waals surface area contributed by atoms with Gasteiger partial charge in [-0.25, -0.2) is 9.78 Å².